The predicted octanol–water partition coefficient (Wildman–Crippen LogP) is 1.29. The molecule has 0 radical (unpaired) electrons. The van der Waals surface area contributed by atoms with Crippen LogP contribution in [0.4, 0.5) is 5.69 Å². The normalized spacial score (nSPS) is 15.0. The summed E-state index contributed by atoms with van der Waals surface area (Å²) in [5.41, 5.74) is 0.705. The van der Waals surface area contributed by atoms with Gasteiger partial charge in [-0.25, -0.2) is 13.1 Å². The van der Waals surface area contributed by atoms with Crippen molar-refractivity contribution in [3.8, 4) is 5.88 Å². The van der Waals surface area contributed by atoms with Crippen LogP contribution < -0.4 is 14.4 Å². The van der Waals surface area contributed by atoms with Gasteiger partial charge in [-0.3, -0.25) is 4.79 Å². The highest BCUT2D eigenvalue weighted by Gasteiger charge is 2.22. The first kappa shape index (κ1) is 16.5. The van der Waals surface area contributed by atoms with Crippen molar-refractivity contribution >= 4 is 21.6 Å². The fraction of sp³-hybridized carbons (Fsp3) is 0.333. The lowest BCUT2D eigenvalue weighted by molar-refractivity contribution is -0.117. The number of ether oxygens (including phenoxy) is 1. The zero-order valence-corrected chi connectivity index (χ0v) is 13.9. The predicted molar refractivity (Wildman–Crippen MR) is 85.1 cm³/mol. The van der Waals surface area contributed by atoms with E-state index in [1.54, 1.807) is 17.0 Å². The molecule has 1 amide bonds. The Balaban J connectivity index is 1.69. The molecule has 8 nitrogen and oxygen atoms in total. The van der Waals surface area contributed by atoms with Crippen LogP contribution in [0.1, 0.15) is 18.6 Å². The topological polar surface area (TPSA) is 102 Å². The lowest BCUT2D eigenvalue weighted by Gasteiger charge is -2.16. The molecule has 0 bridgehead atoms. The van der Waals surface area contributed by atoms with Crippen molar-refractivity contribution in [2.24, 2.45) is 0 Å². The minimum Gasteiger partial charge on any atom is -0.479 e. The van der Waals surface area contributed by atoms with Gasteiger partial charge in [-0.2, -0.15) is 0 Å². The van der Waals surface area contributed by atoms with Crippen molar-refractivity contribution in [1.29, 1.82) is 0 Å². The molecule has 1 N–H and O–H groups in total. The smallest absolute Gasteiger partial charge is 0.254 e. The summed E-state index contributed by atoms with van der Waals surface area (Å²) in [6.07, 6.45) is 1.35. The quantitative estimate of drug-likeness (QED) is 0.841. The maximum absolute atomic E-state index is 12.3. The van der Waals surface area contributed by atoms with Crippen LogP contribution in [0.3, 0.4) is 0 Å². The summed E-state index contributed by atoms with van der Waals surface area (Å²) in [6.45, 7) is 0.627. The third-order valence-electron chi connectivity index (χ3n) is 3.72. The number of amides is 1. The third-order valence-corrected chi connectivity index (χ3v) is 5.13. The van der Waals surface area contributed by atoms with Gasteiger partial charge in [-0.1, -0.05) is 0 Å². The van der Waals surface area contributed by atoms with Gasteiger partial charge in [-0.05, 0) is 35.8 Å². The van der Waals surface area contributed by atoms with Crippen molar-refractivity contribution < 1.29 is 22.5 Å². The maximum Gasteiger partial charge on any atom is 0.254 e. The number of hydrogen-bond donors (Lipinski definition) is 1. The Morgan fingerprint density at radius 1 is 1.33 bits per heavy atom. The van der Waals surface area contributed by atoms with E-state index in [4.69, 9.17) is 9.26 Å². The number of hydrogen-bond acceptors (Lipinski definition) is 6. The maximum atomic E-state index is 12.3. The van der Waals surface area contributed by atoms with Gasteiger partial charge in [-0.15, -0.1) is 0 Å². The molecule has 24 heavy (non-hydrogen) atoms. The molecule has 3 rings (SSSR count). The van der Waals surface area contributed by atoms with Crippen molar-refractivity contribution in [2.75, 3.05) is 18.6 Å². The third kappa shape index (κ3) is 3.41. The summed E-state index contributed by atoms with van der Waals surface area (Å²) in [7, 11) is -2.25. The van der Waals surface area contributed by atoms with Crippen LogP contribution in [0.2, 0.25) is 0 Å². The van der Waals surface area contributed by atoms with Gasteiger partial charge in [0.1, 0.15) is 0 Å². The second-order valence-corrected chi connectivity index (χ2v) is 7.07. The molecule has 0 unspecified atom stereocenters. The molecule has 9 heteroatoms. The van der Waals surface area contributed by atoms with Gasteiger partial charge in [0.05, 0.1) is 18.6 Å². The van der Waals surface area contributed by atoms with Crippen LogP contribution in [0.25, 0.3) is 0 Å². The Labute approximate surface area is 139 Å². The van der Waals surface area contributed by atoms with E-state index in [1.165, 1.54) is 25.3 Å². The molecule has 1 aromatic carbocycles. The van der Waals surface area contributed by atoms with Crippen LogP contribution in [-0.4, -0.2) is 33.1 Å². The Hall–Kier alpha value is -2.39. The Morgan fingerprint density at radius 3 is 2.67 bits per heavy atom. The van der Waals surface area contributed by atoms with Gasteiger partial charge >= 0.3 is 0 Å². The zero-order chi connectivity index (χ0) is 17.2. The summed E-state index contributed by atoms with van der Waals surface area (Å²) in [5, 5.41) is 3.60. The fourth-order valence-electron chi connectivity index (χ4n) is 2.45. The number of methoxy groups -OCH3 is 1. The van der Waals surface area contributed by atoms with Gasteiger partial charge in [0.25, 0.3) is 5.88 Å². The van der Waals surface area contributed by atoms with E-state index in [9.17, 15) is 13.2 Å². The number of anilines is 1. The molecule has 2 heterocycles. The van der Waals surface area contributed by atoms with Gasteiger partial charge in [0.15, 0.2) is 5.76 Å². The van der Waals surface area contributed by atoms with Crippen LogP contribution in [-0.2, 0) is 21.4 Å². The summed E-state index contributed by atoms with van der Waals surface area (Å²) in [4.78, 5) is 13.5. The highest BCUT2D eigenvalue weighted by atomic mass is 32.2. The van der Waals surface area contributed by atoms with Crippen molar-refractivity contribution in [1.82, 2.24) is 9.88 Å². The molecular weight excluding hydrogens is 334 g/mol. The van der Waals surface area contributed by atoms with Crippen LogP contribution in [0.15, 0.2) is 39.8 Å². The number of carbonyl (C=O) groups excluding carboxylic acids is 1. The van der Waals surface area contributed by atoms with E-state index in [0.29, 0.717) is 24.4 Å². The standard InChI is InChI=1S/C15H17N3O5S/c1-22-14-9-12(23-17-14)10-16-24(20,21)13-6-4-11(5-7-13)18-8-2-3-15(18)19/h4-7,9,16H,2-3,8,10H2,1H3. The second kappa shape index (κ2) is 6.62. The molecule has 0 atom stereocenters. The molecule has 1 aliphatic heterocycles. The first-order chi connectivity index (χ1) is 11.5. The monoisotopic (exact) mass is 351 g/mol. The fourth-order valence-corrected chi connectivity index (χ4v) is 3.44. The van der Waals surface area contributed by atoms with E-state index in [2.05, 4.69) is 9.88 Å². The Bertz CT molecular complexity index is 829. The van der Waals surface area contributed by atoms with Crippen LogP contribution in [0.5, 0.6) is 5.88 Å². The minimum atomic E-state index is -3.69. The van der Waals surface area contributed by atoms with Crippen LogP contribution >= 0.6 is 0 Å². The number of nitrogens with zero attached hydrogens (tertiary/aromatic N) is 2. The lowest BCUT2D eigenvalue weighted by Crippen LogP contribution is -2.25. The summed E-state index contributed by atoms with van der Waals surface area (Å²) < 4.78 is 36.8. The first-order valence-electron chi connectivity index (χ1n) is 7.39. The molecule has 1 aliphatic rings. The summed E-state index contributed by atoms with van der Waals surface area (Å²) >= 11 is 0. The molecule has 1 fully saturated rings. The molecular formula is C15H17N3O5S. The van der Waals surface area contributed by atoms with Gasteiger partial charge in [0.2, 0.25) is 15.9 Å². The van der Waals surface area contributed by atoms with E-state index in [0.717, 1.165) is 6.42 Å². The highest BCUT2D eigenvalue weighted by molar-refractivity contribution is 7.89. The number of rotatable bonds is 6. The van der Waals surface area contributed by atoms with Crippen LogP contribution in [0, 0.1) is 0 Å². The van der Waals surface area contributed by atoms with E-state index in [-0.39, 0.29) is 23.2 Å². The lowest BCUT2D eigenvalue weighted by atomic mass is 10.3. The minimum absolute atomic E-state index is 0.0367. The Kier molecular flexibility index (Phi) is 4.54. The summed E-state index contributed by atoms with van der Waals surface area (Å²) in [5.74, 6) is 0.682. The van der Waals surface area contributed by atoms with Crippen molar-refractivity contribution in [3.05, 3.63) is 36.1 Å². The van der Waals surface area contributed by atoms with E-state index < -0.39 is 10.0 Å². The van der Waals surface area contributed by atoms with Crippen molar-refractivity contribution in [2.45, 2.75) is 24.3 Å². The second-order valence-electron chi connectivity index (χ2n) is 5.30. The number of benzene rings is 1. The molecule has 128 valence electrons. The largest absolute Gasteiger partial charge is 0.479 e. The van der Waals surface area contributed by atoms with Gasteiger partial charge in [0, 0.05) is 24.7 Å². The van der Waals surface area contributed by atoms with Gasteiger partial charge < -0.3 is 14.2 Å². The number of carbonyl (C=O) groups is 1. The molecule has 0 saturated carbocycles. The van der Waals surface area contributed by atoms with E-state index in [1.807, 2.05) is 0 Å². The molecule has 2 aromatic rings. The molecule has 0 aliphatic carbocycles. The molecule has 0 spiro atoms. The van der Waals surface area contributed by atoms with Crippen molar-refractivity contribution in [3.63, 3.8) is 0 Å². The number of sulfonamides is 1. The Morgan fingerprint density at radius 2 is 2.08 bits per heavy atom. The zero-order valence-electron chi connectivity index (χ0n) is 13.1. The highest BCUT2D eigenvalue weighted by Crippen LogP contribution is 2.23. The summed E-state index contributed by atoms with van der Waals surface area (Å²) in [6, 6.07) is 7.73. The average Bonchev–Trinajstić information content (AvgIpc) is 3.22. The first-order valence-corrected chi connectivity index (χ1v) is 8.87. The molecule has 1 aromatic heterocycles. The number of nitrogens with one attached hydrogen (secondary N) is 1. The molecule has 1 saturated heterocycles. The SMILES string of the molecule is COc1cc(CNS(=O)(=O)c2ccc(N3CCCC3=O)cc2)on1. The average molecular weight is 351 g/mol. The number of aromatic nitrogens is 1. The van der Waals surface area contributed by atoms with E-state index >= 15 is 0 Å².